The standard InChI is InChI=1S/C24H23ClN4O2/c1-17-14-19(9-10-20(17)25)31-13-12-29-22-8-4-3-7-21(22)27-23(29)16-28(2)24(30)18-6-5-11-26-15-18/h3-11,14-15H,12-13,16H2,1-2H3. The Labute approximate surface area is 186 Å². The minimum Gasteiger partial charge on any atom is -0.492 e. The topological polar surface area (TPSA) is 60.2 Å². The van der Waals surface area contributed by atoms with E-state index in [0.29, 0.717) is 25.3 Å². The number of hydrogen-bond acceptors (Lipinski definition) is 4. The maximum atomic E-state index is 12.7. The largest absolute Gasteiger partial charge is 0.492 e. The number of imidazole rings is 1. The van der Waals surface area contributed by atoms with Crippen molar-refractivity contribution in [3.63, 3.8) is 0 Å². The highest BCUT2D eigenvalue weighted by Gasteiger charge is 2.17. The molecule has 0 saturated carbocycles. The third kappa shape index (κ3) is 4.70. The van der Waals surface area contributed by atoms with Gasteiger partial charge < -0.3 is 14.2 Å². The molecular weight excluding hydrogens is 412 g/mol. The van der Waals surface area contributed by atoms with Crippen LogP contribution in [0.3, 0.4) is 0 Å². The van der Waals surface area contributed by atoms with Gasteiger partial charge in [0, 0.05) is 24.5 Å². The summed E-state index contributed by atoms with van der Waals surface area (Å²) < 4.78 is 8.05. The number of rotatable bonds is 7. The van der Waals surface area contributed by atoms with Crippen LogP contribution in [0.5, 0.6) is 5.75 Å². The number of benzene rings is 2. The number of halogens is 1. The molecule has 0 spiro atoms. The Bertz CT molecular complexity index is 1210. The van der Waals surface area contributed by atoms with Gasteiger partial charge in [0.2, 0.25) is 0 Å². The number of aryl methyl sites for hydroxylation is 1. The van der Waals surface area contributed by atoms with Gasteiger partial charge in [-0.3, -0.25) is 9.78 Å². The van der Waals surface area contributed by atoms with Crippen LogP contribution in [0.15, 0.2) is 67.0 Å². The van der Waals surface area contributed by atoms with Gasteiger partial charge in [0.15, 0.2) is 0 Å². The van der Waals surface area contributed by atoms with Gasteiger partial charge in [-0.2, -0.15) is 0 Å². The maximum absolute atomic E-state index is 12.7. The van der Waals surface area contributed by atoms with E-state index in [1.807, 2.05) is 49.4 Å². The van der Waals surface area contributed by atoms with E-state index in [4.69, 9.17) is 21.3 Å². The van der Waals surface area contributed by atoms with Crippen molar-refractivity contribution in [2.45, 2.75) is 20.0 Å². The Morgan fingerprint density at radius 3 is 2.77 bits per heavy atom. The zero-order valence-corrected chi connectivity index (χ0v) is 18.2. The fraction of sp³-hybridized carbons (Fsp3) is 0.208. The van der Waals surface area contributed by atoms with Gasteiger partial charge in [0.25, 0.3) is 5.91 Å². The van der Waals surface area contributed by atoms with Crippen molar-refractivity contribution in [2.75, 3.05) is 13.7 Å². The first-order chi connectivity index (χ1) is 15.0. The lowest BCUT2D eigenvalue weighted by molar-refractivity contribution is 0.0779. The molecule has 158 valence electrons. The van der Waals surface area contributed by atoms with Crippen LogP contribution >= 0.6 is 11.6 Å². The molecule has 0 radical (unpaired) electrons. The summed E-state index contributed by atoms with van der Waals surface area (Å²) in [6, 6.07) is 17.1. The Balaban J connectivity index is 1.52. The summed E-state index contributed by atoms with van der Waals surface area (Å²) >= 11 is 6.10. The van der Waals surface area contributed by atoms with Crippen LogP contribution in [-0.2, 0) is 13.1 Å². The zero-order chi connectivity index (χ0) is 21.8. The number of carbonyl (C=O) groups excluding carboxylic acids is 1. The van der Waals surface area contributed by atoms with E-state index in [1.165, 1.54) is 0 Å². The van der Waals surface area contributed by atoms with Crippen molar-refractivity contribution in [3.8, 4) is 5.75 Å². The van der Waals surface area contributed by atoms with Crippen LogP contribution < -0.4 is 4.74 Å². The summed E-state index contributed by atoms with van der Waals surface area (Å²) in [5.41, 5.74) is 3.43. The summed E-state index contributed by atoms with van der Waals surface area (Å²) in [6.45, 7) is 3.40. The molecule has 0 aliphatic carbocycles. The Morgan fingerprint density at radius 2 is 2.00 bits per heavy atom. The van der Waals surface area contributed by atoms with Gasteiger partial charge in [0.05, 0.1) is 29.7 Å². The average molecular weight is 435 g/mol. The second kappa shape index (κ2) is 9.18. The Hall–Kier alpha value is -3.38. The second-order valence-electron chi connectivity index (χ2n) is 7.33. The highest BCUT2D eigenvalue weighted by Crippen LogP contribution is 2.22. The third-order valence-corrected chi connectivity index (χ3v) is 5.50. The quantitative estimate of drug-likeness (QED) is 0.421. The first-order valence-corrected chi connectivity index (χ1v) is 10.4. The Kier molecular flexibility index (Phi) is 6.18. The first-order valence-electron chi connectivity index (χ1n) is 10.0. The zero-order valence-electron chi connectivity index (χ0n) is 17.5. The molecule has 31 heavy (non-hydrogen) atoms. The summed E-state index contributed by atoms with van der Waals surface area (Å²) in [5, 5.41) is 0.719. The molecule has 0 saturated heterocycles. The summed E-state index contributed by atoms with van der Waals surface area (Å²) in [6.07, 6.45) is 3.22. The number of ether oxygens (including phenoxy) is 1. The number of amides is 1. The molecule has 1 amide bonds. The normalized spacial score (nSPS) is 10.9. The minimum atomic E-state index is -0.0976. The number of para-hydroxylation sites is 2. The number of hydrogen-bond donors (Lipinski definition) is 0. The highest BCUT2D eigenvalue weighted by molar-refractivity contribution is 6.31. The van der Waals surface area contributed by atoms with Crippen molar-refractivity contribution < 1.29 is 9.53 Å². The number of carbonyl (C=O) groups is 1. The van der Waals surface area contributed by atoms with Crippen LogP contribution in [0.25, 0.3) is 11.0 Å². The van der Waals surface area contributed by atoms with Crippen molar-refractivity contribution in [1.82, 2.24) is 19.4 Å². The molecule has 0 aliphatic heterocycles. The van der Waals surface area contributed by atoms with Gasteiger partial charge in [-0.15, -0.1) is 0 Å². The molecule has 7 heteroatoms. The van der Waals surface area contributed by atoms with Gasteiger partial charge in [0.1, 0.15) is 18.2 Å². The number of pyridine rings is 1. The smallest absolute Gasteiger partial charge is 0.255 e. The van der Waals surface area contributed by atoms with Crippen molar-refractivity contribution in [1.29, 1.82) is 0 Å². The van der Waals surface area contributed by atoms with E-state index in [2.05, 4.69) is 9.55 Å². The number of fused-ring (bicyclic) bond motifs is 1. The van der Waals surface area contributed by atoms with Gasteiger partial charge >= 0.3 is 0 Å². The van der Waals surface area contributed by atoms with E-state index in [1.54, 1.807) is 36.5 Å². The summed E-state index contributed by atoms with van der Waals surface area (Å²) in [5.74, 6) is 1.48. The lowest BCUT2D eigenvalue weighted by Gasteiger charge is -2.18. The number of aromatic nitrogens is 3. The summed E-state index contributed by atoms with van der Waals surface area (Å²) in [7, 11) is 1.77. The molecule has 6 nitrogen and oxygen atoms in total. The van der Waals surface area contributed by atoms with Crippen LogP contribution in [0.1, 0.15) is 21.7 Å². The maximum Gasteiger partial charge on any atom is 0.255 e. The van der Waals surface area contributed by atoms with E-state index in [-0.39, 0.29) is 5.91 Å². The van der Waals surface area contributed by atoms with E-state index in [9.17, 15) is 4.79 Å². The molecule has 0 N–H and O–H groups in total. The number of nitrogens with zero attached hydrogens (tertiary/aromatic N) is 4. The molecule has 4 aromatic rings. The molecule has 0 unspecified atom stereocenters. The predicted octanol–water partition coefficient (Wildman–Crippen LogP) is 4.74. The molecule has 4 rings (SSSR count). The molecule has 0 atom stereocenters. The average Bonchev–Trinajstić information content (AvgIpc) is 3.13. The van der Waals surface area contributed by atoms with Crippen LogP contribution in [0.4, 0.5) is 0 Å². The van der Waals surface area contributed by atoms with Crippen LogP contribution in [-0.4, -0.2) is 39.0 Å². The van der Waals surface area contributed by atoms with Gasteiger partial charge in [-0.1, -0.05) is 23.7 Å². The highest BCUT2D eigenvalue weighted by atomic mass is 35.5. The monoisotopic (exact) mass is 434 g/mol. The van der Waals surface area contributed by atoms with Crippen molar-refractivity contribution in [2.24, 2.45) is 0 Å². The van der Waals surface area contributed by atoms with Crippen LogP contribution in [0, 0.1) is 6.92 Å². The SMILES string of the molecule is Cc1cc(OCCn2c(CN(C)C(=O)c3cccnc3)nc3ccccc32)ccc1Cl. The fourth-order valence-corrected chi connectivity index (χ4v) is 3.57. The third-order valence-electron chi connectivity index (χ3n) is 5.08. The summed E-state index contributed by atoms with van der Waals surface area (Å²) in [4.78, 5) is 23.2. The Morgan fingerprint density at radius 1 is 1.16 bits per heavy atom. The minimum absolute atomic E-state index is 0.0976. The fourth-order valence-electron chi connectivity index (χ4n) is 3.45. The van der Waals surface area contributed by atoms with Crippen LogP contribution in [0.2, 0.25) is 5.02 Å². The molecule has 2 aromatic heterocycles. The molecule has 0 fully saturated rings. The molecule has 2 aromatic carbocycles. The van der Waals surface area contributed by atoms with E-state index >= 15 is 0 Å². The van der Waals surface area contributed by atoms with Crippen molar-refractivity contribution >= 4 is 28.5 Å². The predicted molar refractivity (Wildman–Crippen MR) is 121 cm³/mol. The lowest BCUT2D eigenvalue weighted by atomic mass is 10.2. The molecule has 0 aliphatic rings. The lowest BCUT2D eigenvalue weighted by Crippen LogP contribution is -2.28. The van der Waals surface area contributed by atoms with Crippen molar-refractivity contribution in [3.05, 3.63) is 89.0 Å². The molecule has 0 bridgehead atoms. The molecular formula is C24H23ClN4O2. The van der Waals surface area contributed by atoms with E-state index < -0.39 is 0 Å². The van der Waals surface area contributed by atoms with Gasteiger partial charge in [-0.25, -0.2) is 4.98 Å². The molecule has 2 heterocycles. The van der Waals surface area contributed by atoms with Gasteiger partial charge in [-0.05, 0) is 55.0 Å². The first kappa shape index (κ1) is 20.9. The van der Waals surface area contributed by atoms with E-state index in [0.717, 1.165) is 33.2 Å². The second-order valence-corrected chi connectivity index (χ2v) is 7.74.